The molecule has 37 heavy (non-hydrogen) atoms. The standard InChI is InChI=1S/C32H34NO3P/c1-5-32(4,33)25-18-14-23(15-19-25)31(24-16-20-26(21-17-24)35-22(2)3)37(34)30-13-9-7-11-28(30)27-10-6-8-12-29(27)36-37/h6-22,31H,5,33H2,1-4H3. The first-order valence-electron chi connectivity index (χ1n) is 12.9. The molecule has 0 saturated heterocycles. The summed E-state index contributed by atoms with van der Waals surface area (Å²) < 4.78 is 27.7. The first kappa shape index (κ1) is 25.3. The molecule has 0 amide bonds. The molecule has 5 rings (SSSR count). The Morgan fingerprint density at radius 1 is 0.838 bits per heavy atom. The summed E-state index contributed by atoms with van der Waals surface area (Å²) in [6.45, 7) is 8.12. The van der Waals surface area contributed by atoms with Crippen LogP contribution < -0.4 is 20.3 Å². The summed E-state index contributed by atoms with van der Waals surface area (Å²) in [5.74, 6) is 1.43. The van der Waals surface area contributed by atoms with Gasteiger partial charge in [-0.1, -0.05) is 79.7 Å². The molecule has 4 nitrogen and oxygen atoms in total. The second-order valence-electron chi connectivity index (χ2n) is 10.2. The Hall–Kier alpha value is -3.33. The van der Waals surface area contributed by atoms with Crippen LogP contribution in [0.25, 0.3) is 11.1 Å². The number of rotatable bonds is 7. The van der Waals surface area contributed by atoms with E-state index in [1.54, 1.807) is 0 Å². The maximum absolute atomic E-state index is 15.2. The van der Waals surface area contributed by atoms with Crippen LogP contribution in [0.5, 0.6) is 11.5 Å². The average molecular weight is 512 g/mol. The van der Waals surface area contributed by atoms with Crippen LogP contribution in [-0.4, -0.2) is 6.10 Å². The number of hydrogen-bond acceptors (Lipinski definition) is 4. The van der Waals surface area contributed by atoms with Crippen molar-refractivity contribution in [3.05, 3.63) is 114 Å². The molecule has 3 atom stereocenters. The van der Waals surface area contributed by atoms with Crippen LogP contribution >= 0.6 is 7.37 Å². The number of hydrogen-bond donors (Lipinski definition) is 1. The lowest BCUT2D eigenvalue weighted by atomic mass is 9.89. The second-order valence-corrected chi connectivity index (χ2v) is 12.6. The van der Waals surface area contributed by atoms with Gasteiger partial charge < -0.3 is 15.0 Å². The van der Waals surface area contributed by atoms with E-state index >= 15 is 4.57 Å². The summed E-state index contributed by atoms with van der Waals surface area (Å²) in [6.07, 6.45) is 0.889. The monoisotopic (exact) mass is 511 g/mol. The average Bonchev–Trinajstić information content (AvgIpc) is 2.90. The minimum absolute atomic E-state index is 0.0711. The van der Waals surface area contributed by atoms with Crippen LogP contribution in [0.2, 0.25) is 0 Å². The van der Waals surface area contributed by atoms with Gasteiger partial charge in [0.05, 0.1) is 11.4 Å². The summed E-state index contributed by atoms with van der Waals surface area (Å²) in [6, 6.07) is 31.8. The third-order valence-corrected chi connectivity index (χ3v) is 9.98. The van der Waals surface area contributed by atoms with E-state index in [1.165, 1.54) is 0 Å². The Labute approximate surface area is 219 Å². The van der Waals surface area contributed by atoms with Gasteiger partial charge in [-0.05, 0) is 73.7 Å². The van der Waals surface area contributed by atoms with Crippen molar-refractivity contribution in [3.8, 4) is 22.6 Å². The fourth-order valence-electron chi connectivity index (χ4n) is 4.97. The third-order valence-electron chi connectivity index (χ3n) is 7.18. The van der Waals surface area contributed by atoms with Gasteiger partial charge in [-0.15, -0.1) is 0 Å². The van der Waals surface area contributed by atoms with Crippen LogP contribution in [0.15, 0.2) is 97.1 Å². The largest absolute Gasteiger partial charge is 0.491 e. The topological polar surface area (TPSA) is 61.5 Å². The molecule has 0 spiro atoms. The highest BCUT2D eigenvalue weighted by atomic mass is 31.2. The predicted octanol–water partition coefficient (Wildman–Crippen LogP) is 7.81. The first-order chi connectivity index (χ1) is 17.7. The minimum atomic E-state index is -3.47. The van der Waals surface area contributed by atoms with E-state index in [0.29, 0.717) is 5.75 Å². The summed E-state index contributed by atoms with van der Waals surface area (Å²) in [7, 11) is -3.47. The van der Waals surface area contributed by atoms with Crippen molar-refractivity contribution in [3.63, 3.8) is 0 Å². The molecule has 1 aliphatic rings. The van der Waals surface area contributed by atoms with Crippen molar-refractivity contribution in [2.45, 2.75) is 51.4 Å². The number of fused-ring (bicyclic) bond motifs is 3. The predicted molar refractivity (Wildman–Crippen MR) is 152 cm³/mol. The fourth-order valence-corrected chi connectivity index (χ4v) is 7.85. The Morgan fingerprint density at radius 2 is 1.41 bits per heavy atom. The Morgan fingerprint density at radius 3 is 2.03 bits per heavy atom. The van der Waals surface area contributed by atoms with Gasteiger partial charge in [0.25, 0.3) is 7.37 Å². The smallest absolute Gasteiger partial charge is 0.289 e. The van der Waals surface area contributed by atoms with Crippen molar-refractivity contribution in [1.29, 1.82) is 0 Å². The molecule has 1 heterocycles. The molecule has 0 radical (unpaired) electrons. The summed E-state index contributed by atoms with van der Waals surface area (Å²) in [5, 5.41) is 0.738. The molecular weight excluding hydrogens is 477 g/mol. The van der Waals surface area contributed by atoms with E-state index in [2.05, 4.69) is 19.1 Å². The maximum atomic E-state index is 15.2. The van der Waals surface area contributed by atoms with Crippen molar-refractivity contribution in [2.24, 2.45) is 5.73 Å². The highest BCUT2D eigenvalue weighted by Crippen LogP contribution is 2.65. The molecule has 0 fully saturated rings. The van der Waals surface area contributed by atoms with Crippen molar-refractivity contribution in [2.75, 3.05) is 0 Å². The minimum Gasteiger partial charge on any atom is -0.491 e. The second kappa shape index (κ2) is 9.85. The molecule has 190 valence electrons. The van der Waals surface area contributed by atoms with Crippen LogP contribution in [0, 0.1) is 0 Å². The molecule has 0 bridgehead atoms. The van der Waals surface area contributed by atoms with Crippen LogP contribution in [0.4, 0.5) is 0 Å². The van der Waals surface area contributed by atoms with Gasteiger partial charge in [0.2, 0.25) is 0 Å². The summed E-state index contributed by atoms with van der Waals surface area (Å²) >= 11 is 0. The maximum Gasteiger partial charge on any atom is 0.289 e. The van der Waals surface area contributed by atoms with Gasteiger partial charge in [0.15, 0.2) is 0 Å². The lowest BCUT2D eigenvalue weighted by Gasteiger charge is -2.34. The van der Waals surface area contributed by atoms with E-state index in [4.69, 9.17) is 15.0 Å². The highest BCUT2D eigenvalue weighted by molar-refractivity contribution is 7.68. The number of ether oxygens (including phenoxy) is 1. The van der Waals surface area contributed by atoms with Crippen molar-refractivity contribution in [1.82, 2.24) is 0 Å². The molecule has 0 saturated carbocycles. The van der Waals surface area contributed by atoms with E-state index in [-0.39, 0.29) is 6.10 Å². The van der Waals surface area contributed by atoms with Crippen LogP contribution in [0.3, 0.4) is 0 Å². The van der Waals surface area contributed by atoms with Gasteiger partial charge in [-0.25, -0.2) is 0 Å². The van der Waals surface area contributed by atoms with E-state index in [0.717, 1.165) is 45.3 Å². The van der Waals surface area contributed by atoms with Gasteiger partial charge >= 0.3 is 0 Å². The van der Waals surface area contributed by atoms with Crippen LogP contribution in [0.1, 0.15) is 56.5 Å². The Kier molecular flexibility index (Phi) is 6.74. The zero-order chi connectivity index (χ0) is 26.2. The number of benzene rings is 4. The molecule has 0 aromatic heterocycles. The molecule has 2 N–H and O–H groups in total. The lowest BCUT2D eigenvalue weighted by molar-refractivity contribution is 0.242. The Balaban J connectivity index is 1.68. The van der Waals surface area contributed by atoms with Crippen molar-refractivity contribution < 1.29 is 13.8 Å². The zero-order valence-electron chi connectivity index (χ0n) is 21.8. The normalized spacial score (nSPS) is 18.8. The SMILES string of the molecule is CCC(C)(N)c1ccc(C(c2ccc(OC(C)C)cc2)P2(=O)Oc3ccccc3-c3ccccc32)cc1. The summed E-state index contributed by atoms with van der Waals surface area (Å²) in [4.78, 5) is 0. The number of nitrogens with two attached hydrogens (primary N) is 1. The van der Waals surface area contributed by atoms with Crippen LogP contribution in [-0.2, 0) is 10.1 Å². The van der Waals surface area contributed by atoms with Gasteiger partial charge in [0, 0.05) is 11.1 Å². The molecule has 5 heteroatoms. The molecule has 0 aliphatic carbocycles. The van der Waals surface area contributed by atoms with Gasteiger partial charge in [0.1, 0.15) is 17.2 Å². The van der Waals surface area contributed by atoms with E-state index < -0.39 is 18.6 Å². The number of para-hydroxylation sites is 1. The summed E-state index contributed by atoms with van der Waals surface area (Å²) in [5.41, 5.74) is 10.4. The molecular formula is C32H34NO3P. The zero-order valence-corrected chi connectivity index (χ0v) is 22.7. The van der Waals surface area contributed by atoms with Gasteiger partial charge in [-0.3, -0.25) is 4.57 Å². The van der Waals surface area contributed by atoms with Gasteiger partial charge in [-0.2, -0.15) is 0 Å². The quantitative estimate of drug-likeness (QED) is 0.257. The first-order valence-corrected chi connectivity index (χ1v) is 14.6. The van der Waals surface area contributed by atoms with Crippen molar-refractivity contribution >= 4 is 12.7 Å². The third kappa shape index (κ3) is 4.72. The molecule has 4 aromatic carbocycles. The Bertz CT molecular complexity index is 1440. The molecule has 4 aromatic rings. The molecule has 3 unspecified atom stereocenters. The highest BCUT2D eigenvalue weighted by Gasteiger charge is 2.44. The van der Waals surface area contributed by atoms with E-state index in [1.807, 2.05) is 106 Å². The lowest BCUT2D eigenvalue weighted by Crippen LogP contribution is -2.31. The van der Waals surface area contributed by atoms with E-state index in [9.17, 15) is 0 Å². The fraction of sp³-hybridized carbons (Fsp3) is 0.250. The molecule has 1 aliphatic heterocycles.